The lowest BCUT2D eigenvalue weighted by atomic mass is 9.90. The monoisotopic (exact) mass is 459 g/mol. The summed E-state index contributed by atoms with van der Waals surface area (Å²) in [5.41, 5.74) is 0.572. The van der Waals surface area contributed by atoms with E-state index in [1.54, 1.807) is 28.0 Å². The summed E-state index contributed by atoms with van der Waals surface area (Å²) in [5.74, 6) is 0.190. The normalized spacial score (nSPS) is 18.9. The molecule has 4 rings (SSSR count). The first kappa shape index (κ1) is 22.7. The van der Waals surface area contributed by atoms with Gasteiger partial charge in [-0.1, -0.05) is 6.92 Å². The number of aryl methyl sites for hydroxylation is 1. The average molecular weight is 459 g/mol. The molecule has 0 aromatic carbocycles. The predicted molar refractivity (Wildman–Crippen MR) is 115 cm³/mol. The molecule has 2 atom stereocenters. The number of hydrogen-bond donors (Lipinski definition) is 1. The van der Waals surface area contributed by atoms with Crippen LogP contribution in [0.3, 0.4) is 0 Å². The van der Waals surface area contributed by atoms with Crippen LogP contribution in [0.15, 0.2) is 42.7 Å². The molecular formula is C22H24F3N7O. The summed E-state index contributed by atoms with van der Waals surface area (Å²) in [7, 11) is 0. The number of nitrogens with one attached hydrogen (secondary N) is 1. The van der Waals surface area contributed by atoms with Crippen molar-refractivity contribution in [1.82, 2.24) is 29.9 Å². The van der Waals surface area contributed by atoms with E-state index in [-0.39, 0.29) is 23.7 Å². The third-order valence-corrected chi connectivity index (χ3v) is 5.79. The lowest BCUT2D eigenvalue weighted by Crippen LogP contribution is -2.51. The van der Waals surface area contributed by atoms with E-state index in [0.717, 1.165) is 18.9 Å². The Morgan fingerprint density at radius 1 is 1.21 bits per heavy atom. The van der Waals surface area contributed by atoms with Gasteiger partial charge >= 0.3 is 6.18 Å². The first-order chi connectivity index (χ1) is 15.7. The van der Waals surface area contributed by atoms with Crippen molar-refractivity contribution in [2.45, 2.75) is 38.9 Å². The van der Waals surface area contributed by atoms with Crippen molar-refractivity contribution in [2.75, 3.05) is 18.4 Å². The number of anilines is 1. The second kappa shape index (κ2) is 9.16. The Morgan fingerprint density at radius 2 is 2.03 bits per heavy atom. The smallest absolute Gasteiger partial charge is 0.367 e. The van der Waals surface area contributed by atoms with Gasteiger partial charge in [0, 0.05) is 31.2 Å². The van der Waals surface area contributed by atoms with Crippen molar-refractivity contribution >= 4 is 11.7 Å². The Morgan fingerprint density at radius 3 is 2.70 bits per heavy atom. The standard InChI is InChI=1S/C22H24F3N7O/c1-14-5-3-11-31(17(14)13-26-19-9-8-18(29-30-19)22(23,24)25)21(33)20-16(7-6-15(2)28-20)32-12-4-10-27-32/h4,6-10,12,14,17H,3,5,11,13H2,1-2H3,(H,26,30)/t14-,17?/m1/s1. The molecule has 1 aliphatic heterocycles. The summed E-state index contributed by atoms with van der Waals surface area (Å²) >= 11 is 0. The van der Waals surface area contributed by atoms with Crippen LogP contribution in [0.25, 0.3) is 5.69 Å². The van der Waals surface area contributed by atoms with Crippen LogP contribution < -0.4 is 5.32 Å². The van der Waals surface area contributed by atoms with E-state index in [2.05, 4.69) is 32.5 Å². The number of aromatic nitrogens is 5. The van der Waals surface area contributed by atoms with Gasteiger partial charge in [0.05, 0.1) is 11.7 Å². The molecule has 1 aliphatic rings. The van der Waals surface area contributed by atoms with Crippen molar-refractivity contribution in [1.29, 1.82) is 0 Å². The molecule has 4 heterocycles. The second-order valence-electron chi connectivity index (χ2n) is 8.14. The maximum absolute atomic E-state index is 13.6. The third-order valence-electron chi connectivity index (χ3n) is 5.79. The molecule has 8 nitrogen and oxygen atoms in total. The summed E-state index contributed by atoms with van der Waals surface area (Å²) in [4.78, 5) is 19.9. The summed E-state index contributed by atoms with van der Waals surface area (Å²) in [6, 6.07) is 7.36. The number of pyridine rings is 1. The molecule has 0 radical (unpaired) electrons. The molecule has 33 heavy (non-hydrogen) atoms. The molecule has 1 saturated heterocycles. The van der Waals surface area contributed by atoms with Gasteiger partial charge < -0.3 is 10.2 Å². The maximum Gasteiger partial charge on any atom is 0.435 e. The van der Waals surface area contributed by atoms with Gasteiger partial charge in [0.2, 0.25) is 0 Å². The summed E-state index contributed by atoms with van der Waals surface area (Å²) < 4.78 is 39.8. The van der Waals surface area contributed by atoms with Crippen LogP contribution in [0.1, 0.15) is 41.6 Å². The van der Waals surface area contributed by atoms with Crippen LogP contribution in [0.5, 0.6) is 0 Å². The minimum Gasteiger partial charge on any atom is -0.367 e. The molecular weight excluding hydrogens is 435 g/mol. The molecule has 1 unspecified atom stereocenters. The molecule has 0 saturated carbocycles. The number of nitrogens with zero attached hydrogens (tertiary/aromatic N) is 6. The Labute approximate surface area is 188 Å². The van der Waals surface area contributed by atoms with Crippen LogP contribution in [0.4, 0.5) is 19.0 Å². The van der Waals surface area contributed by atoms with Crippen molar-refractivity contribution in [3.8, 4) is 5.69 Å². The average Bonchev–Trinajstić information content (AvgIpc) is 3.32. The fourth-order valence-electron chi connectivity index (χ4n) is 4.04. The number of amides is 1. The van der Waals surface area contributed by atoms with Gasteiger partial charge in [-0.3, -0.25) is 4.79 Å². The summed E-state index contributed by atoms with van der Waals surface area (Å²) in [5, 5.41) is 14.2. The Kier molecular flexibility index (Phi) is 6.30. The van der Waals surface area contributed by atoms with Gasteiger partial charge in [-0.25, -0.2) is 9.67 Å². The van der Waals surface area contributed by atoms with E-state index in [9.17, 15) is 18.0 Å². The topological polar surface area (TPSA) is 88.8 Å². The summed E-state index contributed by atoms with van der Waals surface area (Å²) in [6.07, 6.45) is 0.632. The first-order valence-electron chi connectivity index (χ1n) is 10.7. The molecule has 174 valence electrons. The molecule has 1 N–H and O–H groups in total. The molecule has 1 fully saturated rings. The highest BCUT2D eigenvalue weighted by Crippen LogP contribution is 2.28. The van der Waals surface area contributed by atoms with Crippen LogP contribution in [0, 0.1) is 12.8 Å². The third kappa shape index (κ3) is 4.96. The van der Waals surface area contributed by atoms with Crippen molar-refractivity contribution in [2.24, 2.45) is 5.92 Å². The van der Waals surface area contributed by atoms with E-state index in [0.29, 0.717) is 30.2 Å². The highest BCUT2D eigenvalue weighted by molar-refractivity contribution is 5.96. The number of hydrogen-bond acceptors (Lipinski definition) is 6. The van der Waals surface area contributed by atoms with Gasteiger partial charge in [0.15, 0.2) is 11.4 Å². The number of carbonyl (C=O) groups excluding carboxylic acids is 1. The Bertz CT molecular complexity index is 1100. The van der Waals surface area contributed by atoms with E-state index in [4.69, 9.17) is 0 Å². The number of piperidine rings is 1. The highest BCUT2D eigenvalue weighted by atomic mass is 19.4. The quantitative estimate of drug-likeness (QED) is 0.625. The largest absolute Gasteiger partial charge is 0.435 e. The van der Waals surface area contributed by atoms with Gasteiger partial charge in [-0.15, -0.1) is 10.2 Å². The van der Waals surface area contributed by atoms with Gasteiger partial charge in [-0.2, -0.15) is 18.3 Å². The van der Waals surface area contributed by atoms with Crippen molar-refractivity contribution in [3.63, 3.8) is 0 Å². The highest BCUT2D eigenvalue weighted by Gasteiger charge is 2.35. The number of halogens is 3. The van der Waals surface area contributed by atoms with E-state index < -0.39 is 11.9 Å². The van der Waals surface area contributed by atoms with Gasteiger partial charge in [0.25, 0.3) is 5.91 Å². The molecule has 3 aromatic heterocycles. The molecule has 0 bridgehead atoms. The molecule has 0 aliphatic carbocycles. The van der Waals surface area contributed by atoms with Crippen molar-refractivity contribution in [3.05, 3.63) is 59.8 Å². The Balaban J connectivity index is 1.55. The van der Waals surface area contributed by atoms with Crippen LogP contribution in [0.2, 0.25) is 0 Å². The first-order valence-corrected chi connectivity index (χ1v) is 10.7. The number of likely N-dealkylation sites (tertiary alicyclic amines) is 1. The van der Waals surface area contributed by atoms with E-state index in [1.807, 2.05) is 19.1 Å². The van der Waals surface area contributed by atoms with Gasteiger partial charge in [-0.05, 0) is 56.0 Å². The van der Waals surface area contributed by atoms with E-state index >= 15 is 0 Å². The molecule has 0 spiro atoms. The molecule has 11 heteroatoms. The van der Waals surface area contributed by atoms with Gasteiger partial charge in [0.1, 0.15) is 5.82 Å². The predicted octanol–water partition coefficient (Wildman–Crippen LogP) is 3.74. The van der Waals surface area contributed by atoms with Crippen LogP contribution >= 0.6 is 0 Å². The minimum absolute atomic E-state index is 0.176. The van der Waals surface area contributed by atoms with Crippen molar-refractivity contribution < 1.29 is 18.0 Å². The zero-order valence-corrected chi connectivity index (χ0v) is 18.3. The molecule has 3 aromatic rings. The van der Waals surface area contributed by atoms with Crippen LogP contribution in [-0.4, -0.2) is 54.9 Å². The number of alkyl halides is 3. The number of rotatable bonds is 5. The Hall–Kier alpha value is -3.50. The maximum atomic E-state index is 13.6. The molecule has 1 amide bonds. The fraction of sp³-hybridized carbons (Fsp3) is 0.409. The minimum atomic E-state index is -4.54. The number of carbonyl (C=O) groups is 1. The lowest BCUT2D eigenvalue weighted by molar-refractivity contribution is -0.141. The van der Waals surface area contributed by atoms with E-state index in [1.165, 1.54) is 6.07 Å². The fourth-order valence-corrected chi connectivity index (χ4v) is 4.04. The lowest BCUT2D eigenvalue weighted by Gasteiger charge is -2.40. The zero-order chi connectivity index (χ0) is 23.6. The second-order valence-corrected chi connectivity index (χ2v) is 8.14. The summed E-state index contributed by atoms with van der Waals surface area (Å²) in [6.45, 7) is 4.77. The SMILES string of the molecule is Cc1ccc(-n2cccn2)c(C(=O)N2CCC[C@@H](C)C2CNc2ccc(C(F)(F)F)nn2)n1. The van der Waals surface area contributed by atoms with Crippen LogP contribution in [-0.2, 0) is 6.18 Å². The zero-order valence-electron chi connectivity index (χ0n) is 18.3.